The molecule has 1 aromatic carbocycles. The lowest BCUT2D eigenvalue weighted by Gasteiger charge is -2.05. The Balaban J connectivity index is 2.46. The summed E-state index contributed by atoms with van der Waals surface area (Å²) in [6, 6.07) is 4.93. The van der Waals surface area contributed by atoms with E-state index in [1.807, 2.05) is 0 Å². The summed E-state index contributed by atoms with van der Waals surface area (Å²) in [6.45, 7) is 1.25. The van der Waals surface area contributed by atoms with Crippen LogP contribution in [-0.4, -0.2) is 18.3 Å². The zero-order chi connectivity index (χ0) is 10.4. The minimum Gasteiger partial charge on any atom is -0.396 e. The second-order valence-electron chi connectivity index (χ2n) is 2.97. The molecule has 0 saturated carbocycles. The summed E-state index contributed by atoms with van der Waals surface area (Å²) in [5, 5.41) is 11.7. The largest absolute Gasteiger partial charge is 0.396 e. The summed E-state index contributed by atoms with van der Waals surface area (Å²) in [5.41, 5.74) is 0.551. The van der Waals surface area contributed by atoms with Crippen LogP contribution in [0.3, 0.4) is 0 Å². The van der Waals surface area contributed by atoms with Gasteiger partial charge in [0.1, 0.15) is 5.82 Å². The molecule has 2 N–H and O–H groups in total. The highest BCUT2D eigenvalue weighted by Crippen LogP contribution is 2.17. The first-order valence-corrected chi connectivity index (χ1v) is 4.88. The maximum atomic E-state index is 13.3. The van der Waals surface area contributed by atoms with E-state index in [4.69, 9.17) is 16.7 Å². The van der Waals surface area contributed by atoms with Gasteiger partial charge in [-0.25, -0.2) is 4.39 Å². The molecule has 0 bridgehead atoms. The Morgan fingerprint density at radius 1 is 1.43 bits per heavy atom. The number of rotatable bonds is 5. The van der Waals surface area contributed by atoms with Gasteiger partial charge in [-0.3, -0.25) is 0 Å². The number of halogens is 2. The minimum absolute atomic E-state index is 0.144. The molecule has 0 aliphatic heterocycles. The van der Waals surface area contributed by atoms with Gasteiger partial charge in [-0.2, -0.15) is 0 Å². The SMILES string of the molecule is OCCCNCc1cccc(Cl)c1F. The number of aliphatic hydroxyl groups is 1. The third kappa shape index (κ3) is 3.25. The summed E-state index contributed by atoms with van der Waals surface area (Å²) in [4.78, 5) is 0. The molecule has 1 aromatic rings. The van der Waals surface area contributed by atoms with Crippen LogP contribution in [0.5, 0.6) is 0 Å². The van der Waals surface area contributed by atoms with Crippen molar-refractivity contribution < 1.29 is 9.50 Å². The first kappa shape index (κ1) is 11.4. The van der Waals surface area contributed by atoms with Crippen molar-refractivity contribution in [1.29, 1.82) is 0 Å². The van der Waals surface area contributed by atoms with Crippen molar-refractivity contribution in [3.05, 3.63) is 34.6 Å². The molecule has 0 aliphatic carbocycles. The van der Waals surface area contributed by atoms with Crippen LogP contribution in [0.25, 0.3) is 0 Å². The number of aliphatic hydroxyl groups excluding tert-OH is 1. The van der Waals surface area contributed by atoms with Crippen molar-refractivity contribution in [2.24, 2.45) is 0 Å². The standard InChI is InChI=1S/C10H13ClFNO/c11-9-4-1-3-8(10(9)12)7-13-5-2-6-14/h1,3-4,13-14H,2,5-7H2. The van der Waals surface area contributed by atoms with Crippen molar-refractivity contribution in [2.75, 3.05) is 13.2 Å². The normalized spacial score (nSPS) is 10.5. The van der Waals surface area contributed by atoms with Crippen LogP contribution in [0, 0.1) is 5.82 Å². The van der Waals surface area contributed by atoms with Gasteiger partial charge in [0.05, 0.1) is 5.02 Å². The summed E-state index contributed by atoms with van der Waals surface area (Å²) in [6.07, 6.45) is 0.669. The monoisotopic (exact) mass is 217 g/mol. The van der Waals surface area contributed by atoms with Gasteiger partial charge in [-0.1, -0.05) is 23.7 Å². The fourth-order valence-electron chi connectivity index (χ4n) is 1.11. The third-order valence-electron chi connectivity index (χ3n) is 1.86. The lowest BCUT2D eigenvalue weighted by atomic mass is 10.2. The molecule has 0 radical (unpaired) electrons. The first-order valence-electron chi connectivity index (χ1n) is 4.50. The molecule has 0 fully saturated rings. The van der Waals surface area contributed by atoms with Crippen LogP contribution in [-0.2, 0) is 6.54 Å². The van der Waals surface area contributed by atoms with Gasteiger partial charge in [0, 0.05) is 18.7 Å². The number of hydrogen-bond donors (Lipinski definition) is 2. The van der Waals surface area contributed by atoms with Crippen LogP contribution < -0.4 is 5.32 Å². The van der Waals surface area contributed by atoms with Crippen molar-refractivity contribution >= 4 is 11.6 Å². The second-order valence-corrected chi connectivity index (χ2v) is 3.37. The van der Waals surface area contributed by atoms with E-state index < -0.39 is 0 Å². The Bertz CT molecular complexity index is 293. The number of hydrogen-bond acceptors (Lipinski definition) is 2. The summed E-state index contributed by atoms with van der Waals surface area (Å²) in [7, 11) is 0. The lowest BCUT2D eigenvalue weighted by molar-refractivity contribution is 0.286. The molecule has 0 saturated heterocycles. The Morgan fingerprint density at radius 3 is 2.93 bits per heavy atom. The molecule has 0 aliphatic rings. The molecule has 14 heavy (non-hydrogen) atoms. The van der Waals surface area contributed by atoms with E-state index in [9.17, 15) is 4.39 Å². The predicted octanol–water partition coefficient (Wildman–Crippen LogP) is 1.95. The molecule has 0 heterocycles. The summed E-state index contributed by atoms with van der Waals surface area (Å²) in [5.74, 6) is -0.370. The molecular weight excluding hydrogens is 205 g/mol. The van der Waals surface area contributed by atoms with Crippen molar-refractivity contribution in [1.82, 2.24) is 5.32 Å². The molecular formula is C10H13ClFNO. The smallest absolute Gasteiger partial charge is 0.146 e. The lowest BCUT2D eigenvalue weighted by Crippen LogP contribution is -2.16. The highest BCUT2D eigenvalue weighted by atomic mass is 35.5. The Kier molecular flexibility index (Phi) is 4.87. The molecule has 0 unspecified atom stereocenters. The van der Waals surface area contributed by atoms with Gasteiger partial charge in [0.25, 0.3) is 0 Å². The maximum absolute atomic E-state index is 13.3. The van der Waals surface area contributed by atoms with Gasteiger partial charge in [-0.15, -0.1) is 0 Å². The van der Waals surface area contributed by atoms with E-state index in [1.165, 1.54) is 6.07 Å². The van der Waals surface area contributed by atoms with Crippen molar-refractivity contribution in [3.63, 3.8) is 0 Å². The fourth-order valence-corrected chi connectivity index (χ4v) is 1.31. The van der Waals surface area contributed by atoms with E-state index in [2.05, 4.69) is 5.32 Å². The third-order valence-corrected chi connectivity index (χ3v) is 2.15. The van der Waals surface area contributed by atoms with Gasteiger partial charge < -0.3 is 10.4 Å². The Morgan fingerprint density at radius 2 is 2.21 bits per heavy atom. The molecule has 78 valence electrons. The van der Waals surface area contributed by atoms with Crippen LogP contribution in [0.2, 0.25) is 5.02 Å². The van der Waals surface area contributed by atoms with E-state index in [0.717, 1.165) is 0 Å². The highest BCUT2D eigenvalue weighted by Gasteiger charge is 2.04. The van der Waals surface area contributed by atoms with Gasteiger partial charge in [0.2, 0.25) is 0 Å². The van der Waals surface area contributed by atoms with E-state index in [1.54, 1.807) is 12.1 Å². The second kappa shape index (κ2) is 5.96. The molecule has 0 aromatic heterocycles. The number of nitrogens with one attached hydrogen (secondary N) is 1. The molecule has 1 rings (SSSR count). The Labute approximate surface area is 87.7 Å². The molecule has 0 spiro atoms. The molecule has 4 heteroatoms. The molecule has 0 atom stereocenters. The zero-order valence-electron chi connectivity index (χ0n) is 7.76. The summed E-state index contributed by atoms with van der Waals surface area (Å²) >= 11 is 5.61. The van der Waals surface area contributed by atoms with Crippen LogP contribution in [0.1, 0.15) is 12.0 Å². The first-order chi connectivity index (χ1) is 6.75. The molecule has 2 nitrogen and oxygen atoms in total. The van der Waals surface area contributed by atoms with Crippen LogP contribution >= 0.6 is 11.6 Å². The van der Waals surface area contributed by atoms with Crippen LogP contribution in [0.15, 0.2) is 18.2 Å². The highest BCUT2D eigenvalue weighted by molar-refractivity contribution is 6.30. The van der Waals surface area contributed by atoms with Gasteiger partial charge in [-0.05, 0) is 19.0 Å². The van der Waals surface area contributed by atoms with Gasteiger partial charge >= 0.3 is 0 Å². The quantitative estimate of drug-likeness (QED) is 0.739. The average Bonchev–Trinajstić information content (AvgIpc) is 2.19. The maximum Gasteiger partial charge on any atom is 0.146 e. The topological polar surface area (TPSA) is 32.3 Å². The van der Waals surface area contributed by atoms with E-state index in [0.29, 0.717) is 25.1 Å². The zero-order valence-corrected chi connectivity index (χ0v) is 8.52. The molecule has 0 amide bonds. The van der Waals surface area contributed by atoms with E-state index in [-0.39, 0.29) is 17.4 Å². The van der Waals surface area contributed by atoms with Crippen LogP contribution in [0.4, 0.5) is 4.39 Å². The number of benzene rings is 1. The van der Waals surface area contributed by atoms with Crippen molar-refractivity contribution in [3.8, 4) is 0 Å². The summed E-state index contributed by atoms with van der Waals surface area (Å²) < 4.78 is 13.3. The Hall–Kier alpha value is -0.640. The van der Waals surface area contributed by atoms with Crippen molar-refractivity contribution in [2.45, 2.75) is 13.0 Å². The average molecular weight is 218 g/mol. The predicted molar refractivity (Wildman–Crippen MR) is 54.8 cm³/mol. The fraction of sp³-hybridized carbons (Fsp3) is 0.400. The van der Waals surface area contributed by atoms with E-state index >= 15 is 0 Å². The van der Waals surface area contributed by atoms with Gasteiger partial charge in [0.15, 0.2) is 0 Å². The minimum atomic E-state index is -0.370.